The number of nitrogens with one attached hydrogen (secondary N) is 1. The summed E-state index contributed by atoms with van der Waals surface area (Å²) in [5.41, 5.74) is 2.92. The van der Waals surface area contributed by atoms with E-state index in [0.717, 1.165) is 28.7 Å². The van der Waals surface area contributed by atoms with Gasteiger partial charge in [-0.3, -0.25) is 4.90 Å². The molecule has 2 aromatic rings. The minimum absolute atomic E-state index is 0.0137. The van der Waals surface area contributed by atoms with Crippen molar-refractivity contribution in [3.63, 3.8) is 0 Å². The Morgan fingerprint density at radius 3 is 2.44 bits per heavy atom. The quantitative estimate of drug-likeness (QED) is 0.688. The molecule has 32 heavy (non-hydrogen) atoms. The van der Waals surface area contributed by atoms with Crippen LogP contribution in [0.25, 0.3) is 5.57 Å². The summed E-state index contributed by atoms with van der Waals surface area (Å²) in [5.74, 6) is -1.09. The van der Waals surface area contributed by atoms with E-state index in [1.165, 1.54) is 26.0 Å². The third kappa shape index (κ3) is 3.84. The van der Waals surface area contributed by atoms with Crippen LogP contribution in [0.15, 0.2) is 42.0 Å². The second-order valence-electron chi connectivity index (χ2n) is 9.88. The number of rotatable bonds is 5. The lowest BCUT2D eigenvalue weighted by Gasteiger charge is -2.44. The molecule has 0 aromatic heterocycles. The molecule has 170 valence electrons. The molecule has 1 N–H and O–H groups in total. The molecule has 2 aliphatic heterocycles. The number of ether oxygens (including phenoxy) is 1. The van der Waals surface area contributed by atoms with Gasteiger partial charge in [0.25, 0.3) is 0 Å². The summed E-state index contributed by atoms with van der Waals surface area (Å²) in [4.78, 5) is 1.93. The summed E-state index contributed by atoms with van der Waals surface area (Å²) in [5, 5.41) is 3.08. The molecule has 3 aliphatic rings. The van der Waals surface area contributed by atoms with Crippen LogP contribution < -0.4 is 10.1 Å². The lowest BCUT2D eigenvalue weighted by atomic mass is 9.84. The van der Waals surface area contributed by atoms with Gasteiger partial charge in [-0.05, 0) is 55.9 Å². The fourth-order valence-electron chi connectivity index (χ4n) is 5.27. The highest BCUT2D eigenvalue weighted by molar-refractivity contribution is 5.79. The molecule has 0 bridgehead atoms. The third-order valence-electron chi connectivity index (χ3n) is 6.77. The standard InChI is InChI=1S/C26H29F3N2O/c1-15-8-20-19-7-5-4-6-16(19)9-21(20)25(31(15)14-26(2,3)29)24-22(27)10-17(11-23(24)28)32-18-12-30-13-18/h4-7,10-11,15,18,25,30H,8-9,12-14H2,1-3H3/t15-,25+/m1/s1. The van der Waals surface area contributed by atoms with Crippen LogP contribution in [-0.2, 0) is 6.42 Å². The zero-order valence-corrected chi connectivity index (χ0v) is 18.7. The number of nitrogens with zero attached hydrogens (tertiary/aromatic N) is 1. The first kappa shape index (κ1) is 21.5. The largest absolute Gasteiger partial charge is 0.488 e. The Kier molecular flexibility index (Phi) is 5.33. The Hall–Kier alpha value is -2.31. The highest BCUT2D eigenvalue weighted by Crippen LogP contribution is 2.50. The van der Waals surface area contributed by atoms with Crippen molar-refractivity contribution in [3.05, 3.63) is 70.3 Å². The number of fused-ring (bicyclic) bond motifs is 2. The van der Waals surface area contributed by atoms with Crippen LogP contribution in [0, 0.1) is 11.6 Å². The van der Waals surface area contributed by atoms with Crippen molar-refractivity contribution in [1.29, 1.82) is 0 Å². The zero-order valence-electron chi connectivity index (χ0n) is 18.7. The summed E-state index contributed by atoms with van der Waals surface area (Å²) >= 11 is 0. The van der Waals surface area contributed by atoms with E-state index in [1.54, 1.807) is 0 Å². The first-order valence-corrected chi connectivity index (χ1v) is 11.3. The van der Waals surface area contributed by atoms with E-state index in [0.29, 0.717) is 19.5 Å². The van der Waals surface area contributed by atoms with Crippen molar-refractivity contribution in [2.75, 3.05) is 19.6 Å². The summed E-state index contributed by atoms with van der Waals surface area (Å²) in [7, 11) is 0. The third-order valence-corrected chi connectivity index (χ3v) is 6.77. The van der Waals surface area contributed by atoms with Gasteiger partial charge >= 0.3 is 0 Å². The molecule has 3 nitrogen and oxygen atoms in total. The highest BCUT2D eigenvalue weighted by Gasteiger charge is 2.43. The highest BCUT2D eigenvalue weighted by atomic mass is 19.1. The van der Waals surface area contributed by atoms with Crippen LogP contribution in [-0.4, -0.2) is 42.3 Å². The molecule has 6 heteroatoms. The van der Waals surface area contributed by atoms with Gasteiger partial charge in [-0.25, -0.2) is 13.2 Å². The molecule has 0 spiro atoms. The average molecular weight is 443 g/mol. The molecule has 2 atom stereocenters. The predicted octanol–water partition coefficient (Wildman–Crippen LogP) is 5.21. The minimum Gasteiger partial charge on any atom is -0.488 e. The Morgan fingerprint density at radius 1 is 1.12 bits per heavy atom. The number of hydrogen-bond donors (Lipinski definition) is 1. The van der Waals surface area contributed by atoms with E-state index >= 15 is 8.78 Å². The summed E-state index contributed by atoms with van der Waals surface area (Å²) in [6, 6.07) is 9.95. The van der Waals surface area contributed by atoms with Crippen molar-refractivity contribution in [2.45, 2.75) is 57.5 Å². The van der Waals surface area contributed by atoms with Gasteiger partial charge < -0.3 is 10.1 Å². The van der Waals surface area contributed by atoms with Gasteiger partial charge in [-0.2, -0.15) is 0 Å². The van der Waals surface area contributed by atoms with E-state index in [9.17, 15) is 4.39 Å². The van der Waals surface area contributed by atoms with Crippen molar-refractivity contribution >= 4 is 5.57 Å². The van der Waals surface area contributed by atoms with Crippen LogP contribution in [0.4, 0.5) is 13.2 Å². The smallest absolute Gasteiger partial charge is 0.134 e. The number of benzene rings is 2. The van der Waals surface area contributed by atoms with Gasteiger partial charge in [0, 0.05) is 43.4 Å². The number of alkyl halides is 1. The summed E-state index contributed by atoms with van der Waals surface area (Å²) in [6.45, 7) is 6.47. The Bertz CT molecular complexity index is 1050. The van der Waals surface area contributed by atoms with E-state index in [4.69, 9.17) is 4.74 Å². The monoisotopic (exact) mass is 442 g/mol. The van der Waals surface area contributed by atoms with Gasteiger partial charge in [-0.15, -0.1) is 0 Å². The molecule has 1 fully saturated rings. The molecule has 2 aromatic carbocycles. The van der Waals surface area contributed by atoms with Crippen LogP contribution in [0.3, 0.4) is 0 Å². The molecular formula is C26H29F3N2O. The molecule has 0 amide bonds. The maximum atomic E-state index is 15.5. The molecular weight excluding hydrogens is 413 g/mol. The molecule has 0 radical (unpaired) electrons. The van der Waals surface area contributed by atoms with Crippen molar-refractivity contribution in [1.82, 2.24) is 10.2 Å². The lowest BCUT2D eigenvalue weighted by Crippen LogP contribution is -2.50. The number of hydrogen-bond acceptors (Lipinski definition) is 3. The summed E-state index contributed by atoms with van der Waals surface area (Å²) < 4.78 is 51.5. The van der Waals surface area contributed by atoms with Crippen LogP contribution >= 0.6 is 0 Å². The Labute approximate surface area is 187 Å². The van der Waals surface area contributed by atoms with Gasteiger partial charge in [0.1, 0.15) is 29.2 Å². The second kappa shape index (κ2) is 7.92. The van der Waals surface area contributed by atoms with Crippen LogP contribution in [0.1, 0.15) is 49.9 Å². The summed E-state index contributed by atoms with van der Waals surface area (Å²) in [6.07, 6.45) is 1.28. The minimum atomic E-state index is -1.50. The van der Waals surface area contributed by atoms with Crippen LogP contribution in [0.2, 0.25) is 0 Å². The molecule has 2 heterocycles. The molecule has 5 rings (SSSR count). The van der Waals surface area contributed by atoms with E-state index in [1.807, 2.05) is 24.0 Å². The Morgan fingerprint density at radius 2 is 1.81 bits per heavy atom. The first-order valence-electron chi connectivity index (χ1n) is 11.3. The fourth-order valence-corrected chi connectivity index (χ4v) is 5.27. The van der Waals surface area contributed by atoms with E-state index in [-0.39, 0.29) is 30.0 Å². The molecule has 0 unspecified atom stereocenters. The van der Waals surface area contributed by atoms with E-state index < -0.39 is 23.3 Å². The second-order valence-corrected chi connectivity index (χ2v) is 9.88. The molecule has 1 saturated heterocycles. The van der Waals surface area contributed by atoms with E-state index in [2.05, 4.69) is 17.4 Å². The van der Waals surface area contributed by atoms with Crippen molar-refractivity contribution in [2.24, 2.45) is 0 Å². The first-order chi connectivity index (χ1) is 15.2. The molecule has 0 saturated carbocycles. The van der Waals surface area contributed by atoms with Gasteiger partial charge in [0.15, 0.2) is 0 Å². The maximum Gasteiger partial charge on any atom is 0.134 e. The normalized spacial score (nSPS) is 23.7. The van der Waals surface area contributed by atoms with Crippen molar-refractivity contribution < 1.29 is 17.9 Å². The lowest BCUT2D eigenvalue weighted by molar-refractivity contribution is 0.0675. The van der Waals surface area contributed by atoms with Gasteiger partial charge in [-0.1, -0.05) is 24.3 Å². The maximum absolute atomic E-state index is 15.5. The number of halogens is 3. The molecule has 1 aliphatic carbocycles. The zero-order chi connectivity index (χ0) is 22.6. The average Bonchev–Trinajstić information content (AvgIpc) is 3.04. The SMILES string of the molecule is C[C@@H]1CC2=C(Cc3ccccc32)[C@@H](c2c(F)cc(OC3CNC3)cc2F)N1CC(C)(C)F. The van der Waals surface area contributed by atoms with Crippen molar-refractivity contribution in [3.8, 4) is 5.75 Å². The van der Waals surface area contributed by atoms with Gasteiger partial charge in [0.2, 0.25) is 0 Å². The predicted molar refractivity (Wildman–Crippen MR) is 119 cm³/mol. The Balaban J connectivity index is 1.60. The fraction of sp³-hybridized carbons (Fsp3) is 0.462. The van der Waals surface area contributed by atoms with Gasteiger partial charge in [0.05, 0.1) is 6.04 Å². The topological polar surface area (TPSA) is 24.5 Å². The van der Waals surface area contributed by atoms with Crippen LogP contribution in [0.5, 0.6) is 5.75 Å².